The molecular weight excluding hydrogens is 282 g/mol. The highest BCUT2D eigenvalue weighted by atomic mass is 32.2. The average molecular weight is 291 g/mol. The topological polar surface area (TPSA) is 128 Å². The van der Waals surface area contributed by atoms with Crippen molar-refractivity contribution < 1.29 is 21.6 Å². The second-order valence-electron chi connectivity index (χ2n) is 3.40. The number of nitrogens with one attached hydrogen (secondary N) is 1. The van der Waals surface area contributed by atoms with Gasteiger partial charge in [0, 0.05) is 6.07 Å². The molecule has 98 valence electrons. The van der Waals surface area contributed by atoms with Crippen LogP contribution in [0, 0.1) is 0 Å². The van der Waals surface area contributed by atoms with E-state index in [4.69, 9.17) is 9.88 Å². The molecule has 1 aromatic carbocycles. The first-order valence-electron chi connectivity index (χ1n) is 4.56. The van der Waals surface area contributed by atoms with Crippen LogP contribution in [0.15, 0.2) is 26.3 Å². The van der Waals surface area contributed by atoms with Gasteiger partial charge in [0.25, 0.3) is 10.0 Å². The van der Waals surface area contributed by atoms with Crippen LogP contribution in [0.3, 0.4) is 0 Å². The molecule has 0 saturated carbocycles. The Morgan fingerprint density at radius 3 is 2.61 bits per heavy atom. The smallest absolute Gasteiger partial charge is 0.285 e. The number of hydrogen-bond donors (Lipinski definition) is 2. The van der Waals surface area contributed by atoms with Crippen molar-refractivity contribution in [2.75, 3.05) is 12.4 Å². The molecule has 0 aliphatic carbocycles. The van der Waals surface area contributed by atoms with E-state index >= 15 is 0 Å². The first-order chi connectivity index (χ1) is 8.25. The van der Waals surface area contributed by atoms with Gasteiger partial charge in [0.1, 0.15) is 21.9 Å². The standard InChI is InChI=1S/C8H9N3O5S2/c1-16-6-2-5-7(3-8(6)17(9,12)13)18(14,15)11-4-10-5/h2-4H,1H3,(H,10,11)(H2,9,12,13). The lowest BCUT2D eigenvalue weighted by Crippen LogP contribution is -2.17. The lowest BCUT2D eigenvalue weighted by atomic mass is 10.3. The SMILES string of the molecule is COc1cc2c(cc1S(N)(=O)=O)S(=O)(=O)N=CN2. The van der Waals surface area contributed by atoms with E-state index < -0.39 is 24.9 Å². The van der Waals surface area contributed by atoms with Crippen molar-refractivity contribution in [2.45, 2.75) is 9.79 Å². The van der Waals surface area contributed by atoms with E-state index in [0.29, 0.717) is 0 Å². The number of methoxy groups -OCH3 is 1. The number of rotatable bonds is 2. The first kappa shape index (κ1) is 12.8. The summed E-state index contributed by atoms with van der Waals surface area (Å²) < 4.78 is 54.1. The Kier molecular flexibility index (Phi) is 2.80. The third-order valence-electron chi connectivity index (χ3n) is 2.26. The molecule has 1 aliphatic rings. The molecule has 1 heterocycles. The number of fused-ring (bicyclic) bond motifs is 1. The summed E-state index contributed by atoms with van der Waals surface area (Å²) in [5.74, 6) is -0.0470. The molecule has 0 saturated heterocycles. The van der Waals surface area contributed by atoms with Crippen molar-refractivity contribution in [3.05, 3.63) is 12.1 Å². The van der Waals surface area contributed by atoms with Crippen molar-refractivity contribution in [3.63, 3.8) is 0 Å². The van der Waals surface area contributed by atoms with Crippen LogP contribution in [0.2, 0.25) is 0 Å². The number of nitrogens with two attached hydrogens (primary N) is 1. The number of sulfonamides is 2. The Hall–Kier alpha value is -1.65. The zero-order valence-electron chi connectivity index (χ0n) is 9.11. The molecule has 0 amide bonds. The Morgan fingerprint density at radius 2 is 2.06 bits per heavy atom. The normalized spacial score (nSPS) is 16.8. The molecule has 0 spiro atoms. The van der Waals surface area contributed by atoms with Crippen LogP contribution in [0.4, 0.5) is 5.69 Å². The van der Waals surface area contributed by atoms with E-state index in [1.165, 1.54) is 13.2 Å². The summed E-state index contributed by atoms with van der Waals surface area (Å²) in [6.45, 7) is 0. The Morgan fingerprint density at radius 1 is 1.39 bits per heavy atom. The van der Waals surface area contributed by atoms with Crippen molar-refractivity contribution >= 4 is 32.1 Å². The minimum Gasteiger partial charge on any atom is -0.495 e. The fourth-order valence-corrected chi connectivity index (χ4v) is 3.22. The van der Waals surface area contributed by atoms with E-state index in [-0.39, 0.29) is 16.3 Å². The van der Waals surface area contributed by atoms with Crippen LogP contribution in [0.5, 0.6) is 5.75 Å². The summed E-state index contributed by atoms with van der Waals surface area (Å²) in [6.07, 6.45) is 0.994. The summed E-state index contributed by atoms with van der Waals surface area (Å²) in [7, 11) is -6.76. The molecule has 0 radical (unpaired) electrons. The van der Waals surface area contributed by atoms with E-state index in [9.17, 15) is 16.8 Å². The monoisotopic (exact) mass is 291 g/mol. The summed E-state index contributed by atoms with van der Waals surface area (Å²) in [6, 6.07) is 2.15. The molecule has 0 fully saturated rings. The van der Waals surface area contributed by atoms with Gasteiger partial charge in [-0.1, -0.05) is 0 Å². The van der Waals surface area contributed by atoms with Crippen LogP contribution in [0.25, 0.3) is 0 Å². The van der Waals surface area contributed by atoms with E-state index in [1.807, 2.05) is 0 Å². The predicted octanol–water partition coefficient (Wildman–Crippen LogP) is -0.515. The second-order valence-corrected chi connectivity index (χ2v) is 6.53. The molecule has 18 heavy (non-hydrogen) atoms. The Bertz CT molecular complexity index is 736. The van der Waals surface area contributed by atoms with Gasteiger partial charge in [-0.25, -0.2) is 13.6 Å². The highest BCUT2D eigenvalue weighted by Crippen LogP contribution is 2.34. The zero-order valence-corrected chi connectivity index (χ0v) is 10.7. The van der Waals surface area contributed by atoms with Gasteiger partial charge in [-0.3, -0.25) is 0 Å². The average Bonchev–Trinajstić information content (AvgIpc) is 2.25. The van der Waals surface area contributed by atoms with Gasteiger partial charge in [0.2, 0.25) is 10.0 Å². The highest BCUT2D eigenvalue weighted by molar-refractivity contribution is 7.91. The van der Waals surface area contributed by atoms with Crippen molar-refractivity contribution in [1.82, 2.24) is 0 Å². The fraction of sp³-hybridized carbons (Fsp3) is 0.125. The van der Waals surface area contributed by atoms with Crippen molar-refractivity contribution in [3.8, 4) is 5.75 Å². The molecule has 10 heteroatoms. The number of nitrogens with zero attached hydrogens (tertiary/aromatic N) is 1. The molecule has 0 aromatic heterocycles. The van der Waals surface area contributed by atoms with Gasteiger partial charge in [-0.05, 0) is 6.07 Å². The zero-order chi connectivity index (χ0) is 13.6. The summed E-state index contributed by atoms with van der Waals surface area (Å²) >= 11 is 0. The van der Waals surface area contributed by atoms with Crippen LogP contribution in [-0.2, 0) is 20.0 Å². The number of anilines is 1. The molecule has 3 N–H and O–H groups in total. The minimum absolute atomic E-state index is 0.0470. The molecule has 1 aliphatic heterocycles. The summed E-state index contributed by atoms with van der Waals surface area (Å²) in [4.78, 5) is -0.680. The third-order valence-corrected chi connectivity index (χ3v) is 4.47. The number of benzene rings is 1. The maximum atomic E-state index is 11.6. The lowest BCUT2D eigenvalue weighted by Gasteiger charge is -2.15. The molecule has 0 unspecified atom stereocenters. The van der Waals surface area contributed by atoms with Crippen molar-refractivity contribution in [2.24, 2.45) is 9.54 Å². The van der Waals surface area contributed by atoms with Crippen molar-refractivity contribution in [1.29, 1.82) is 0 Å². The van der Waals surface area contributed by atoms with E-state index in [2.05, 4.69) is 9.71 Å². The van der Waals surface area contributed by atoms with Crippen LogP contribution < -0.4 is 15.2 Å². The Labute approximate surface area is 104 Å². The van der Waals surface area contributed by atoms with Crippen LogP contribution in [0.1, 0.15) is 0 Å². The summed E-state index contributed by atoms with van der Waals surface area (Å²) in [5, 5.41) is 7.58. The molecule has 0 atom stereocenters. The highest BCUT2D eigenvalue weighted by Gasteiger charge is 2.26. The number of hydrogen-bond acceptors (Lipinski definition) is 6. The third kappa shape index (κ3) is 2.05. The largest absolute Gasteiger partial charge is 0.495 e. The first-order valence-corrected chi connectivity index (χ1v) is 7.54. The van der Waals surface area contributed by atoms with Gasteiger partial charge < -0.3 is 10.1 Å². The molecule has 2 rings (SSSR count). The molecule has 1 aromatic rings. The quantitative estimate of drug-likeness (QED) is 0.755. The maximum absolute atomic E-state index is 11.6. The Balaban J connectivity index is 2.82. The predicted molar refractivity (Wildman–Crippen MR) is 63.7 cm³/mol. The second kappa shape index (κ2) is 3.93. The lowest BCUT2D eigenvalue weighted by molar-refractivity contribution is 0.402. The molecular formula is C8H9N3O5S2. The van der Waals surface area contributed by atoms with Crippen LogP contribution in [-0.4, -0.2) is 30.3 Å². The number of primary sulfonamides is 1. The fourth-order valence-electron chi connectivity index (χ4n) is 1.47. The maximum Gasteiger partial charge on any atom is 0.285 e. The van der Waals surface area contributed by atoms with E-state index in [1.54, 1.807) is 0 Å². The van der Waals surface area contributed by atoms with Gasteiger partial charge in [-0.15, -0.1) is 4.40 Å². The number of ether oxygens (including phenoxy) is 1. The molecule has 0 bridgehead atoms. The summed E-state index contributed by atoms with van der Waals surface area (Å²) in [5.41, 5.74) is 0.175. The van der Waals surface area contributed by atoms with Gasteiger partial charge >= 0.3 is 0 Å². The van der Waals surface area contributed by atoms with Gasteiger partial charge in [0.15, 0.2) is 0 Å². The van der Waals surface area contributed by atoms with Gasteiger partial charge in [-0.2, -0.15) is 8.42 Å². The minimum atomic E-state index is -4.10. The van der Waals surface area contributed by atoms with Crippen LogP contribution >= 0.6 is 0 Å². The van der Waals surface area contributed by atoms with E-state index in [0.717, 1.165) is 12.4 Å². The molecule has 8 nitrogen and oxygen atoms in total. The van der Waals surface area contributed by atoms with Gasteiger partial charge in [0.05, 0.1) is 12.8 Å².